The molecule has 0 amide bonds. The minimum absolute atomic E-state index is 0.0214. The van der Waals surface area contributed by atoms with Crippen molar-refractivity contribution < 1.29 is 28.9 Å². The molecule has 3 rings (SSSR count). The molecular formula is C21H21NO6. The van der Waals surface area contributed by atoms with Gasteiger partial charge in [0.15, 0.2) is 11.5 Å². The molecule has 0 spiro atoms. The van der Waals surface area contributed by atoms with Gasteiger partial charge >= 0.3 is 0 Å². The number of methoxy groups -OCH3 is 1. The van der Waals surface area contributed by atoms with Crippen LogP contribution in [0.4, 0.5) is 0 Å². The van der Waals surface area contributed by atoms with Gasteiger partial charge in [0.25, 0.3) is 0 Å². The largest absolute Gasteiger partial charge is 0.492 e. The minimum atomic E-state index is -0.902. The number of allylic oxidation sites excluding steroid dienone is 3. The van der Waals surface area contributed by atoms with Gasteiger partial charge in [-0.15, -0.1) is 0 Å². The van der Waals surface area contributed by atoms with Crippen LogP contribution >= 0.6 is 0 Å². The van der Waals surface area contributed by atoms with Gasteiger partial charge in [-0.3, -0.25) is 9.59 Å². The fraction of sp³-hybridized carbons (Fsp3) is 0.381. The molecule has 2 aliphatic carbocycles. The van der Waals surface area contributed by atoms with Crippen molar-refractivity contribution in [2.75, 3.05) is 7.11 Å². The SMILES string of the molecule is COC1=C(C(O)CC(C)C)C=C2OC=C3C(=O)CC(C#N)=CC3OC=C2C1=O. The van der Waals surface area contributed by atoms with Crippen LogP contribution in [-0.4, -0.2) is 36.0 Å². The van der Waals surface area contributed by atoms with Crippen LogP contribution in [0, 0.1) is 17.2 Å². The molecule has 0 aromatic rings. The van der Waals surface area contributed by atoms with Crippen molar-refractivity contribution >= 4 is 11.6 Å². The van der Waals surface area contributed by atoms with Gasteiger partial charge in [-0.2, -0.15) is 5.26 Å². The Kier molecular flexibility index (Phi) is 5.52. The van der Waals surface area contributed by atoms with Crippen molar-refractivity contribution in [1.82, 2.24) is 0 Å². The van der Waals surface area contributed by atoms with Crippen LogP contribution in [0.25, 0.3) is 0 Å². The summed E-state index contributed by atoms with van der Waals surface area (Å²) >= 11 is 0. The molecule has 7 nitrogen and oxygen atoms in total. The number of hydrogen-bond donors (Lipinski definition) is 1. The average Bonchev–Trinajstić information content (AvgIpc) is 2.63. The number of nitriles is 1. The van der Waals surface area contributed by atoms with E-state index < -0.39 is 18.0 Å². The Labute approximate surface area is 162 Å². The van der Waals surface area contributed by atoms with Crippen molar-refractivity contribution in [2.45, 2.75) is 38.9 Å². The van der Waals surface area contributed by atoms with Gasteiger partial charge in [-0.1, -0.05) is 13.8 Å². The van der Waals surface area contributed by atoms with Crippen molar-refractivity contribution in [3.05, 3.63) is 58.5 Å². The molecule has 146 valence electrons. The summed E-state index contributed by atoms with van der Waals surface area (Å²) in [5, 5.41) is 19.6. The van der Waals surface area contributed by atoms with Crippen LogP contribution in [0.3, 0.4) is 0 Å². The zero-order valence-electron chi connectivity index (χ0n) is 15.9. The van der Waals surface area contributed by atoms with Crippen LogP contribution < -0.4 is 0 Å². The maximum absolute atomic E-state index is 12.9. The minimum Gasteiger partial charge on any atom is -0.492 e. The van der Waals surface area contributed by atoms with E-state index in [0.29, 0.717) is 17.6 Å². The number of aliphatic hydroxyl groups excluding tert-OH is 1. The van der Waals surface area contributed by atoms with E-state index in [1.165, 1.54) is 31.8 Å². The second kappa shape index (κ2) is 7.87. The second-order valence-electron chi connectivity index (χ2n) is 7.15. The van der Waals surface area contributed by atoms with E-state index in [-0.39, 0.29) is 40.8 Å². The van der Waals surface area contributed by atoms with Crippen molar-refractivity contribution in [1.29, 1.82) is 5.26 Å². The Bertz CT molecular complexity index is 910. The highest BCUT2D eigenvalue weighted by atomic mass is 16.5. The molecule has 2 unspecified atom stereocenters. The lowest BCUT2D eigenvalue weighted by molar-refractivity contribution is -0.116. The van der Waals surface area contributed by atoms with Gasteiger partial charge in [0.2, 0.25) is 5.78 Å². The van der Waals surface area contributed by atoms with Crippen LogP contribution in [0.5, 0.6) is 0 Å². The van der Waals surface area contributed by atoms with Gasteiger partial charge < -0.3 is 19.3 Å². The second-order valence-corrected chi connectivity index (χ2v) is 7.15. The van der Waals surface area contributed by atoms with E-state index in [1.54, 1.807) is 0 Å². The Morgan fingerprint density at radius 3 is 2.75 bits per heavy atom. The lowest BCUT2D eigenvalue weighted by Gasteiger charge is -2.27. The van der Waals surface area contributed by atoms with Gasteiger partial charge in [-0.25, -0.2) is 0 Å². The predicted molar refractivity (Wildman–Crippen MR) is 98.0 cm³/mol. The molecule has 0 bridgehead atoms. The molecule has 0 aromatic heterocycles. The first-order chi connectivity index (χ1) is 13.3. The molecule has 28 heavy (non-hydrogen) atoms. The first kappa shape index (κ1) is 19.6. The molecule has 0 saturated heterocycles. The van der Waals surface area contributed by atoms with E-state index in [2.05, 4.69) is 0 Å². The molecule has 3 aliphatic rings. The highest BCUT2D eigenvalue weighted by Gasteiger charge is 2.35. The summed E-state index contributed by atoms with van der Waals surface area (Å²) in [5.74, 6) is -0.375. The molecule has 0 saturated carbocycles. The topological polar surface area (TPSA) is 106 Å². The Morgan fingerprint density at radius 1 is 1.36 bits per heavy atom. The highest BCUT2D eigenvalue weighted by Crippen LogP contribution is 2.34. The van der Waals surface area contributed by atoms with E-state index in [0.717, 1.165) is 0 Å². The number of ketones is 2. The molecule has 1 N–H and O–H groups in total. The maximum Gasteiger partial charge on any atom is 0.234 e. The number of nitrogens with zero attached hydrogens (tertiary/aromatic N) is 1. The molecule has 7 heteroatoms. The number of Topliss-reactive ketones (excluding diaryl/α,β-unsaturated/α-hetero) is 2. The number of aliphatic hydroxyl groups is 1. The Balaban J connectivity index is 2.01. The monoisotopic (exact) mass is 383 g/mol. The Morgan fingerprint density at radius 2 is 2.11 bits per heavy atom. The summed E-state index contributed by atoms with van der Waals surface area (Å²) in [5.41, 5.74) is 0.991. The fourth-order valence-electron chi connectivity index (χ4n) is 3.25. The van der Waals surface area contributed by atoms with E-state index in [1.807, 2.05) is 19.9 Å². The van der Waals surface area contributed by atoms with E-state index in [4.69, 9.17) is 19.5 Å². The van der Waals surface area contributed by atoms with E-state index in [9.17, 15) is 14.7 Å². The summed E-state index contributed by atoms with van der Waals surface area (Å²) in [6.07, 6.45) is 4.23. The van der Waals surface area contributed by atoms with Crippen LogP contribution in [0.2, 0.25) is 0 Å². The zero-order valence-corrected chi connectivity index (χ0v) is 15.9. The third-order valence-corrected chi connectivity index (χ3v) is 4.64. The smallest absolute Gasteiger partial charge is 0.234 e. The number of carbonyl (C=O) groups excluding carboxylic acids is 2. The molecule has 1 aliphatic heterocycles. The third kappa shape index (κ3) is 3.64. The quantitative estimate of drug-likeness (QED) is 0.794. The van der Waals surface area contributed by atoms with Crippen molar-refractivity contribution in [2.24, 2.45) is 5.92 Å². The summed E-state index contributed by atoms with van der Waals surface area (Å²) in [6.45, 7) is 3.92. The molecular weight excluding hydrogens is 362 g/mol. The van der Waals surface area contributed by atoms with Crippen LogP contribution in [-0.2, 0) is 23.8 Å². The fourth-order valence-corrected chi connectivity index (χ4v) is 3.25. The lowest BCUT2D eigenvalue weighted by atomic mass is 9.90. The Hall–Kier alpha value is -3.11. The molecule has 0 aromatic carbocycles. The normalized spacial score (nSPS) is 22.8. The van der Waals surface area contributed by atoms with Gasteiger partial charge in [0.05, 0.1) is 31.1 Å². The van der Waals surface area contributed by atoms with Gasteiger partial charge in [0, 0.05) is 17.6 Å². The predicted octanol–water partition coefficient (Wildman–Crippen LogP) is 2.37. The molecule has 2 atom stereocenters. The van der Waals surface area contributed by atoms with Gasteiger partial charge in [0.1, 0.15) is 23.7 Å². The highest BCUT2D eigenvalue weighted by molar-refractivity contribution is 6.11. The third-order valence-electron chi connectivity index (χ3n) is 4.64. The summed E-state index contributed by atoms with van der Waals surface area (Å²) in [6, 6.07) is 1.96. The summed E-state index contributed by atoms with van der Waals surface area (Å²) in [7, 11) is 1.36. The van der Waals surface area contributed by atoms with E-state index >= 15 is 0 Å². The van der Waals surface area contributed by atoms with Crippen LogP contribution in [0.15, 0.2) is 58.5 Å². The zero-order chi connectivity index (χ0) is 20.4. The standard InChI is InChI=1S/C21H21NO6/c1-11(2)4-16(23)13-7-19-15(20(25)21(13)26-3)10-28-18-6-12(8-22)5-17(24)14(18)9-27-19/h6-7,9-11,16,18,23H,4-5H2,1-3H3. The first-order valence-electron chi connectivity index (χ1n) is 8.95. The van der Waals surface area contributed by atoms with Gasteiger partial charge in [-0.05, 0) is 24.5 Å². The average molecular weight is 383 g/mol. The molecule has 1 heterocycles. The number of fused-ring (bicyclic) bond motifs is 2. The van der Waals surface area contributed by atoms with Crippen LogP contribution in [0.1, 0.15) is 26.7 Å². The lowest BCUT2D eigenvalue weighted by Crippen LogP contribution is -2.28. The number of hydrogen-bond acceptors (Lipinski definition) is 7. The number of carbonyl (C=O) groups is 2. The van der Waals surface area contributed by atoms with Crippen molar-refractivity contribution in [3.63, 3.8) is 0 Å². The maximum atomic E-state index is 12.9. The number of rotatable bonds is 4. The first-order valence-corrected chi connectivity index (χ1v) is 8.95. The number of ether oxygens (including phenoxy) is 3. The summed E-state index contributed by atoms with van der Waals surface area (Å²) < 4.78 is 16.5. The summed E-state index contributed by atoms with van der Waals surface area (Å²) in [4.78, 5) is 25.2. The molecule has 0 fully saturated rings. The molecule has 0 radical (unpaired) electrons. The van der Waals surface area contributed by atoms with Crippen molar-refractivity contribution in [3.8, 4) is 6.07 Å².